The molecule has 0 aliphatic heterocycles. The van der Waals surface area contributed by atoms with Crippen molar-refractivity contribution in [2.75, 3.05) is 20.1 Å². The molecule has 0 aliphatic carbocycles. The van der Waals surface area contributed by atoms with E-state index in [0.717, 1.165) is 19.6 Å². The molecule has 0 fully saturated rings. The zero-order chi connectivity index (χ0) is 12.8. The van der Waals surface area contributed by atoms with Crippen molar-refractivity contribution >= 4 is 22.7 Å². The summed E-state index contributed by atoms with van der Waals surface area (Å²) in [7, 11) is 2.19. The predicted octanol–water partition coefficient (Wildman–Crippen LogP) is 3.59. The molecule has 0 saturated heterocycles. The van der Waals surface area contributed by atoms with Gasteiger partial charge < -0.3 is 5.32 Å². The van der Waals surface area contributed by atoms with E-state index in [4.69, 9.17) is 0 Å². The van der Waals surface area contributed by atoms with Gasteiger partial charge in [0.2, 0.25) is 0 Å². The molecule has 4 heteroatoms. The Labute approximate surface area is 117 Å². The van der Waals surface area contributed by atoms with Crippen molar-refractivity contribution in [1.82, 2.24) is 10.2 Å². The molecule has 0 radical (unpaired) electrons. The first kappa shape index (κ1) is 13.7. The number of nitrogens with zero attached hydrogens (tertiary/aromatic N) is 1. The Hall–Kier alpha value is -0.680. The molecule has 0 aromatic carbocycles. The van der Waals surface area contributed by atoms with Gasteiger partial charge >= 0.3 is 0 Å². The van der Waals surface area contributed by atoms with E-state index >= 15 is 0 Å². The van der Waals surface area contributed by atoms with Crippen LogP contribution in [0.2, 0.25) is 0 Å². The second-order valence-electron chi connectivity index (χ2n) is 4.43. The summed E-state index contributed by atoms with van der Waals surface area (Å²) >= 11 is 3.65. The van der Waals surface area contributed by atoms with E-state index in [9.17, 15) is 0 Å². The summed E-state index contributed by atoms with van der Waals surface area (Å²) in [5.41, 5.74) is 0. The third-order valence-corrected chi connectivity index (χ3v) is 5.06. The number of hydrogen-bond donors (Lipinski definition) is 1. The number of hydrogen-bond acceptors (Lipinski definition) is 4. The van der Waals surface area contributed by atoms with E-state index in [0.29, 0.717) is 6.04 Å². The molecule has 98 valence electrons. The first-order valence-corrected chi connectivity index (χ1v) is 8.00. The van der Waals surface area contributed by atoms with Crippen LogP contribution in [0.1, 0.15) is 22.7 Å². The molecule has 2 rings (SSSR count). The van der Waals surface area contributed by atoms with Crippen LogP contribution >= 0.6 is 22.7 Å². The van der Waals surface area contributed by atoms with Crippen molar-refractivity contribution in [2.45, 2.75) is 19.5 Å². The summed E-state index contributed by atoms with van der Waals surface area (Å²) in [5, 5.41) is 7.77. The average molecular weight is 280 g/mol. The summed E-state index contributed by atoms with van der Waals surface area (Å²) in [6.07, 6.45) is 0. The summed E-state index contributed by atoms with van der Waals surface area (Å²) in [4.78, 5) is 5.24. The average Bonchev–Trinajstić information content (AvgIpc) is 3.05. The molecule has 1 N–H and O–H groups in total. The highest BCUT2D eigenvalue weighted by molar-refractivity contribution is 7.10. The fourth-order valence-electron chi connectivity index (χ4n) is 1.82. The van der Waals surface area contributed by atoms with E-state index in [1.165, 1.54) is 9.75 Å². The van der Waals surface area contributed by atoms with Gasteiger partial charge in [0.25, 0.3) is 0 Å². The van der Waals surface area contributed by atoms with E-state index in [2.05, 4.69) is 59.2 Å². The first-order valence-electron chi connectivity index (χ1n) is 6.24. The van der Waals surface area contributed by atoms with Crippen LogP contribution in [0.3, 0.4) is 0 Å². The SMILES string of the molecule is CC(c1cccs1)N(C)CCNCc1cccs1. The topological polar surface area (TPSA) is 15.3 Å². The summed E-state index contributed by atoms with van der Waals surface area (Å²) in [5.74, 6) is 0. The molecule has 2 aromatic rings. The Balaban J connectivity index is 1.67. The smallest absolute Gasteiger partial charge is 0.0410 e. The predicted molar refractivity (Wildman–Crippen MR) is 81.4 cm³/mol. The molecule has 0 aliphatic rings. The number of nitrogens with one attached hydrogen (secondary N) is 1. The van der Waals surface area contributed by atoms with Gasteiger partial charge in [-0.05, 0) is 36.9 Å². The Kier molecular flexibility index (Phi) is 5.38. The molecule has 1 unspecified atom stereocenters. The standard InChI is InChI=1S/C14H20N2S2/c1-12(14-6-4-10-18-14)16(2)8-7-15-11-13-5-3-9-17-13/h3-6,9-10,12,15H,7-8,11H2,1-2H3. The van der Waals surface area contributed by atoms with Crippen molar-refractivity contribution in [3.8, 4) is 0 Å². The van der Waals surface area contributed by atoms with Crippen LogP contribution in [0.25, 0.3) is 0 Å². The van der Waals surface area contributed by atoms with Gasteiger partial charge in [0.05, 0.1) is 0 Å². The zero-order valence-electron chi connectivity index (χ0n) is 10.9. The van der Waals surface area contributed by atoms with Crippen LogP contribution in [0.5, 0.6) is 0 Å². The Morgan fingerprint density at radius 2 is 2.00 bits per heavy atom. The van der Waals surface area contributed by atoms with Gasteiger partial charge in [0.15, 0.2) is 0 Å². The normalized spacial score (nSPS) is 13.1. The minimum absolute atomic E-state index is 0.508. The maximum atomic E-state index is 3.49. The minimum Gasteiger partial charge on any atom is -0.311 e. The third-order valence-electron chi connectivity index (χ3n) is 3.14. The molecule has 1 atom stereocenters. The van der Waals surface area contributed by atoms with E-state index in [-0.39, 0.29) is 0 Å². The summed E-state index contributed by atoms with van der Waals surface area (Å²) in [6, 6.07) is 9.13. The molecular formula is C14H20N2S2. The fourth-order valence-corrected chi connectivity index (χ4v) is 3.34. The van der Waals surface area contributed by atoms with Gasteiger partial charge in [-0.1, -0.05) is 12.1 Å². The minimum atomic E-state index is 0.508. The largest absolute Gasteiger partial charge is 0.311 e. The molecule has 0 saturated carbocycles. The number of rotatable bonds is 7. The van der Waals surface area contributed by atoms with Crippen LogP contribution in [-0.4, -0.2) is 25.0 Å². The molecule has 2 heterocycles. The summed E-state index contributed by atoms with van der Waals surface area (Å²) < 4.78 is 0. The number of thiophene rings is 2. The second kappa shape index (κ2) is 7.04. The van der Waals surface area contributed by atoms with Crippen molar-refractivity contribution in [1.29, 1.82) is 0 Å². The van der Waals surface area contributed by atoms with E-state index < -0.39 is 0 Å². The Morgan fingerprint density at radius 3 is 2.67 bits per heavy atom. The van der Waals surface area contributed by atoms with Crippen LogP contribution in [-0.2, 0) is 6.54 Å². The Morgan fingerprint density at radius 1 is 1.22 bits per heavy atom. The van der Waals surface area contributed by atoms with Crippen molar-refractivity contribution < 1.29 is 0 Å². The van der Waals surface area contributed by atoms with Crippen LogP contribution < -0.4 is 5.32 Å². The highest BCUT2D eigenvalue weighted by atomic mass is 32.1. The van der Waals surface area contributed by atoms with Crippen molar-refractivity contribution in [3.63, 3.8) is 0 Å². The lowest BCUT2D eigenvalue weighted by Crippen LogP contribution is -2.30. The maximum Gasteiger partial charge on any atom is 0.0410 e. The molecule has 0 amide bonds. The van der Waals surface area contributed by atoms with Gasteiger partial charge in [-0.3, -0.25) is 4.90 Å². The molecule has 0 bridgehead atoms. The highest BCUT2D eigenvalue weighted by Crippen LogP contribution is 2.22. The van der Waals surface area contributed by atoms with E-state index in [1.54, 1.807) is 0 Å². The van der Waals surface area contributed by atoms with Crippen LogP contribution in [0, 0.1) is 0 Å². The third kappa shape index (κ3) is 3.92. The zero-order valence-corrected chi connectivity index (χ0v) is 12.6. The lowest BCUT2D eigenvalue weighted by atomic mass is 10.2. The molecular weight excluding hydrogens is 260 g/mol. The van der Waals surface area contributed by atoms with Gasteiger partial charge in [-0.2, -0.15) is 0 Å². The quantitative estimate of drug-likeness (QED) is 0.780. The van der Waals surface area contributed by atoms with Gasteiger partial charge in [0, 0.05) is 35.4 Å². The van der Waals surface area contributed by atoms with Crippen molar-refractivity contribution in [2.24, 2.45) is 0 Å². The monoisotopic (exact) mass is 280 g/mol. The molecule has 2 nitrogen and oxygen atoms in total. The molecule has 0 spiro atoms. The van der Waals surface area contributed by atoms with E-state index in [1.807, 2.05) is 22.7 Å². The number of likely N-dealkylation sites (N-methyl/N-ethyl adjacent to an activating group) is 1. The van der Waals surface area contributed by atoms with Gasteiger partial charge in [-0.25, -0.2) is 0 Å². The van der Waals surface area contributed by atoms with Gasteiger partial charge in [0.1, 0.15) is 0 Å². The van der Waals surface area contributed by atoms with Crippen LogP contribution in [0.15, 0.2) is 35.0 Å². The summed E-state index contributed by atoms with van der Waals surface area (Å²) in [6.45, 7) is 5.36. The Bertz CT molecular complexity index is 423. The highest BCUT2D eigenvalue weighted by Gasteiger charge is 2.11. The fraction of sp³-hybridized carbons (Fsp3) is 0.429. The van der Waals surface area contributed by atoms with Crippen molar-refractivity contribution in [3.05, 3.63) is 44.8 Å². The maximum absolute atomic E-state index is 3.49. The second-order valence-corrected chi connectivity index (χ2v) is 6.44. The lowest BCUT2D eigenvalue weighted by Gasteiger charge is -2.23. The molecule has 18 heavy (non-hydrogen) atoms. The van der Waals surface area contributed by atoms with Crippen LogP contribution in [0.4, 0.5) is 0 Å². The van der Waals surface area contributed by atoms with Gasteiger partial charge in [-0.15, -0.1) is 22.7 Å². The molecule has 2 aromatic heterocycles. The first-order chi connectivity index (χ1) is 8.77. The lowest BCUT2D eigenvalue weighted by molar-refractivity contribution is 0.264.